The first-order valence-corrected chi connectivity index (χ1v) is 10.8. The van der Waals surface area contributed by atoms with Crippen molar-refractivity contribution in [2.45, 2.75) is 44.7 Å². The van der Waals surface area contributed by atoms with Crippen molar-refractivity contribution in [3.63, 3.8) is 0 Å². The van der Waals surface area contributed by atoms with E-state index >= 15 is 0 Å². The van der Waals surface area contributed by atoms with Gasteiger partial charge in [-0.3, -0.25) is 14.4 Å². The molecule has 1 rings (SSSR count). The zero-order valence-corrected chi connectivity index (χ0v) is 18.4. The second-order valence-electron chi connectivity index (χ2n) is 6.63. The maximum absolute atomic E-state index is 12.8. The summed E-state index contributed by atoms with van der Waals surface area (Å²) in [5.41, 5.74) is 0. The minimum Gasteiger partial charge on any atom is -0.353 e. The average molecular weight is 467 g/mol. The molecule has 30 heavy (non-hydrogen) atoms. The molecule has 1 heterocycles. The van der Waals surface area contributed by atoms with Gasteiger partial charge in [-0.1, -0.05) is 13.3 Å². The number of halogens is 2. The summed E-state index contributed by atoms with van der Waals surface area (Å²) >= 11 is 11.1. The van der Waals surface area contributed by atoms with Gasteiger partial charge in [-0.25, -0.2) is 4.79 Å². The minimum absolute atomic E-state index is 0.0272. The highest BCUT2D eigenvalue weighted by molar-refractivity contribution is 6.18. The Labute approximate surface area is 185 Å². The molecule has 1 aliphatic rings. The molecule has 0 spiro atoms. The number of nitroso groups, excluding NO2 is 1. The summed E-state index contributed by atoms with van der Waals surface area (Å²) in [5.74, 6) is -1.11. The smallest absolute Gasteiger partial charge is 0.343 e. The number of rotatable bonds is 12. The number of amides is 5. The molecule has 1 aliphatic heterocycles. The normalized spacial score (nSPS) is 16.5. The number of carbonyl (C=O) groups is 4. The summed E-state index contributed by atoms with van der Waals surface area (Å²) in [6.45, 7) is 2.12. The Balaban J connectivity index is 2.72. The van der Waals surface area contributed by atoms with E-state index in [1.165, 1.54) is 4.90 Å². The molecule has 0 radical (unpaired) electrons. The molecule has 0 aromatic heterocycles. The van der Waals surface area contributed by atoms with E-state index in [4.69, 9.17) is 23.2 Å². The molecule has 0 aromatic carbocycles. The number of urea groups is 1. The average Bonchev–Trinajstić information content (AvgIpc) is 3.23. The Morgan fingerprint density at radius 1 is 1.20 bits per heavy atom. The van der Waals surface area contributed by atoms with Gasteiger partial charge in [0.15, 0.2) is 0 Å². The van der Waals surface area contributed by atoms with E-state index in [0.717, 1.165) is 0 Å². The number of alkyl halides is 2. The van der Waals surface area contributed by atoms with Crippen LogP contribution in [-0.4, -0.2) is 83.7 Å². The van der Waals surface area contributed by atoms with E-state index in [1.807, 2.05) is 6.92 Å². The monoisotopic (exact) mass is 466 g/mol. The topological polar surface area (TPSA) is 140 Å². The maximum Gasteiger partial charge on any atom is 0.343 e. The highest BCUT2D eigenvalue weighted by atomic mass is 35.5. The Bertz CT molecular complexity index is 623. The van der Waals surface area contributed by atoms with Crippen LogP contribution in [0.1, 0.15) is 32.6 Å². The van der Waals surface area contributed by atoms with Crippen molar-refractivity contribution in [1.82, 2.24) is 25.9 Å². The molecule has 170 valence electrons. The third-order valence-corrected chi connectivity index (χ3v) is 4.83. The van der Waals surface area contributed by atoms with Crippen molar-refractivity contribution >= 4 is 47.0 Å². The van der Waals surface area contributed by atoms with Crippen molar-refractivity contribution in [1.29, 1.82) is 0 Å². The summed E-state index contributed by atoms with van der Waals surface area (Å²) in [4.78, 5) is 61.4. The van der Waals surface area contributed by atoms with Gasteiger partial charge in [-0.2, -0.15) is 5.01 Å². The number of likely N-dealkylation sites (tertiary alicyclic amines) is 1. The standard InChI is InChI=1S/C17H28Cl2N6O5/c1-2-4-12(15(27)21-11-14(26)20-8-6-18)22-16(28)13-5-3-9-24(13)17(29)25(23-30)10-7-19/h12-13H,2-11H2,1H3,(H,20,26)(H,21,27)(H,22,28)/t12-,13-/m0/s1. The Morgan fingerprint density at radius 3 is 2.53 bits per heavy atom. The Hall–Kier alpha value is -2.14. The van der Waals surface area contributed by atoms with Crippen LogP contribution in [-0.2, 0) is 14.4 Å². The summed E-state index contributed by atoms with van der Waals surface area (Å²) < 4.78 is 0. The largest absolute Gasteiger partial charge is 0.353 e. The predicted octanol–water partition coefficient (Wildman–Crippen LogP) is 0.549. The van der Waals surface area contributed by atoms with Gasteiger partial charge < -0.3 is 20.9 Å². The van der Waals surface area contributed by atoms with Gasteiger partial charge in [0, 0.05) is 24.8 Å². The van der Waals surface area contributed by atoms with Crippen LogP contribution in [0.4, 0.5) is 4.79 Å². The minimum atomic E-state index is -0.857. The molecule has 2 atom stereocenters. The van der Waals surface area contributed by atoms with Gasteiger partial charge in [0.25, 0.3) is 0 Å². The van der Waals surface area contributed by atoms with Gasteiger partial charge in [0.2, 0.25) is 17.7 Å². The van der Waals surface area contributed by atoms with E-state index in [9.17, 15) is 24.1 Å². The summed E-state index contributed by atoms with van der Waals surface area (Å²) in [5, 5.41) is 11.0. The second-order valence-corrected chi connectivity index (χ2v) is 7.39. The molecule has 0 aliphatic carbocycles. The molecule has 13 heteroatoms. The number of carbonyl (C=O) groups excluding carboxylic acids is 4. The molecule has 0 unspecified atom stereocenters. The van der Waals surface area contributed by atoms with Crippen LogP contribution in [0, 0.1) is 4.91 Å². The molecule has 3 N–H and O–H groups in total. The van der Waals surface area contributed by atoms with Crippen LogP contribution in [0.3, 0.4) is 0 Å². The quantitative estimate of drug-likeness (QED) is 0.219. The van der Waals surface area contributed by atoms with Crippen LogP contribution >= 0.6 is 23.2 Å². The summed E-state index contributed by atoms with van der Waals surface area (Å²) in [6, 6.07) is -2.38. The van der Waals surface area contributed by atoms with E-state index < -0.39 is 29.9 Å². The fraction of sp³-hybridized carbons (Fsp3) is 0.765. The Kier molecular flexibility index (Phi) is 12.1. The molecule has 0 bridgehead atoms. The van der Waals surface area contributed by atoms with Crippen LogP contribution in [0.2, 0.25) is 0 Å². The lowest BCUT2D eigenvalue weighted by Crippen LogP contribution is -2.55. The Morgan fingerprint density at radius 2 is 1.93 bits per heavy atom. The summed E-state index contributed by atoms with van der Waals surface area (Å²) in [6.07, 6.45) is 1.94. The van der Waals surface area contributed by atoms with Crippen molar-refractivity contribution in [2.75, 3.05) is 37.9 Å². The zero-order valence-electron chi connectivity index (χ0n) is 16.9. The summed E-state index contributed by atoms with van der Waals surface area (Å²) in [7, 11) is 0. The number of hydrogen-bond donors (Lipinski definition) is 3. The second kappa shape index (κ2) is 14.0. The molecule has 0 saturated carbocycles. The van der Waals surface area contributed by atoms with Crippen molar-refractivity contribution < 1.29 is 19.2 Å². The van der Waals surface area contributed by atoms with Gasteiger partial charge >= 0.3 is 6.03 Å². The molecular weight excluding hydrogens is 439 g/mol. The highest BCUT2D eigenvalue weighted by Crippen LogP contribution is 2.20. The van der Waals surface area contributed by atoms with Gasteiger partial charge in [0.1, 0.15) is 12.1 Å². The third kappa shape index (κ3) is 7.94. The molecule has 1 saturated heterocycles. The first kappa shape index (κ1) is 25.9. The number of nitrogens with zero attached hydrogens (tertiary/aromatic N) is 3. The fourth-order valence-electron chi connectivity index (χ4n) is 3.03. The van der Waals surface area contributed by atoms with Gasteiger partial charge in [-0.05, 0) is 19.3 Å². The third-order valence-electron chi connectivity index (χ3n) is 4.47. The van der Waals surface area contributed by atoms with E-state index in [0.29, 0.717) is 30.7 Å². The van der Waals surface area contributed by atoms with Crippen LogP contribution < -0.4 is 16.0 Å². The van der Waals surface area contributed by atoms with Crippen LogP contribution in [0.5, 0.6) is 0 Å². The molecule has 1 fully saturated rings. The van der Waals surface area contributed by atoms with E-state index in [2.05, 4.69) is 21.2 Å². The van der Waals surface area contributed by atoms with E-state index in [1.54, 1.807) is 0 Å². The fourth-order valence-corrected chi connectivity index (χ4v) is 3.29. The number of hydrogen-bond acceptors (Lipinski definition) is 6. The van der Waals surface area contributed by atoms with Crippen LogP contribution in [0.15, 0.2) is 5.29 Å². The molecule has 5 amide bonds. The predicted molar refractivity (Wildman–Crippen MR) is 112 cm³/mol. The van der Waals surface area contributed by atoms with Crippen molar-refractivity contribution in [3.8, 4) is 0 Å². The zero-order chi connectivity index (χ0) is 22.5. The molecule has 11 nitrogen and oxygen atoms in total. The molecule has 0 aromatic rings. The van der Waals surface area contributed by atoms with Crippen LogP contribution in [0.25, 0.3) is 0 Å². The highest BCUT2D eigenvalue weighted by Gasteiger charge is 2.38. The van der Waals surface area contributed by atoms with Crippen molar-refractivity contribution in [2.24, 2.45) is 5.29 Å². The van der Waals surface area contributed by atoms with Crippen molar-refractivity contribution in [3.05, 3.63) is 4.91 Å². The SMILES string of the molecule is CCC[C@H](NC(=O)[C@@H]1CCCN1C(=O)N(CCCl)N=O)C(=O)NCC(=O)NCCCl. The lowest BCUT2D eigenvalue weighted by molar-refractivity contribution is -0.132. The maximum atomic E-state index is 12.8. The lowest BCUT2D eigenvalue weighted by atomic mass is 10.1. The lowest BCUT2D eigenvalue weighted by Gasteiger charge is -2.28. The van der Waals surface area contributed by atoms with Gasteiger partial charge in [-0.15, -0.1) is 28.1 Å². The van der Waals surface area contributed by atoms with Gasteiger partial charge in [0.05, 0.1) is 18.4 Å². The first-order chi connectivity index (χ1) is 14.4. The first-order valence-electron chi connectivity index (χ1n) is 9.77. The molecular formula is C17H28Cl2N6O5. The number of nitrogens with one attached hydrogen (secondary N) is 3. The van der Waals surface area contributed by atoms with E-state index in [-0.39, 0.29) is 43.8 Å².